The number of pyridine rings is 1. The Hall–Kier alpha value is -3.39. The fraction of sp³-hybridized carbons (Fsp3) is 0.231. The summed E-state index contributed by atoms with van der Waals surface area (Å²) in [5, 5.41) is 9.68. The second-order valence-corrected chi connectivity index (χ2v) is 8.64. The summed E-state index contributed by atoms with van der Waals surface area (Å²) in [6, 6.07) is 8.74. The lowest BCUT2D eigenvalue weighted by atomic mass is 9.95. The summed E-state index contributed by atoms with van der Waals surface area (Å²) in [5.74, 6) is -1.55. The van der Waals surface area contributed by atoms with Crippen molar-refractivity contribution in [2.75, 3.05) is 0 Å². The van der Waals surface area contributed by atoms with Gasteiger partial charge in [0.15, 0.2) is 0 Å². The summed E-state index contributed by atoms with van der Waals surface area (Å²) in [6.07, 6.45) is -1.36. The molecule has 9 heteroatoms. The lowest BCUT2D eigenvalue weighted by Gasteiger charge is -2.17. The monoisotopic (exact) mass is 505 g/mol. The molecule has 0 aliphatic heterocycles. The van der Waals surface area contributed by atoms with Gasteiger partial charge in [0.25, 0.3) is 0 Å². The Labute approximate surface area is 203 Å². The minimum Gasteiger partial charge on any atom is -0.488 e. The van der Waals surface area contributed by atoms with Crippen molar-refractivity contribution in [2.24, 2.45) is 0 Å². The Morgan fingerprint density at radius 3 is 2.54 bits per heavy atom. The van der Waals surface area contributed by atoms with Crippen LogP contribution in [0.3, 0.4) is 0 Å². The van der Waals surface area contributed by atoms with Gasteiger partial charge in [-0.1, -0.05) is 17.7 Å². The zero-order valence-electron chi connectivity index (χ0n) is 18.5. The van der Waals surface area contributed by atoms with Gasteiger partial charge in [-0.25, -0.2) is 9.18 Å². The molecule has 0 spiro atoms. The van der Waals surface area contributed by atoms with Crippen LogP contribution in [0.5, 0.6) is 5.75 Å². The van der Waals surface area contributed by atoms with Crippen LogP contribution in [-0.2, 0) is 12.8 Å². The predicted molar refractivity (Wildman–Crippen MR) is 124 cm³/mol. The van der Waals surface area contributed by atoms with E-state index in [0.717, 1.165) is 18.2 Å². The van der Waals surface area contributed by atoms with E-state index in [1.807, 2.05) is 0 Å². The molecule has 0 saturated carbocycles. The van der Waals surface area contributed by atoms with E-state index in [4.69, 9.17) is 16.3 Å². The number of carboxylic acid groups (broad SMARTS) is 1. The fourth-order valence-electron chi connectivity index (χ4n) is 4.14. The molecule has 0 amide bonds. The molecular formula is C26H20ClF4NO3. The Morgan fingerprint density at radius 2 is 1.86 bits per heavy atom. The Bertz CT molecular complexity index is 1330. The van der Waals surface area contributed by atoms with Crippen LogP contribution < -0.4 is 4.74 Å². The maximum atomic E-state index is 14.2. The largest absolute Gasteiger partial charge is 0.488 e. The van der Waals surface area contributed by atoms with Crippen LogP contribution in [0.1, 0.15) is 57.6 Å². The summed E-state index contributed by atoms with van der Waals surface area (Å²) < 4.78 is 60.6. The lowest BCUT2D eigenvalue weighted by Crippen LogP contribution is -2.07. The number of carboxylic acids is 1. The number of halogens is 5. The van der Waals surface area contributed by atoms with Crippen molar-refractivity contribution in [1.29, 1.82) is 0 Å². The third-order valence-electron chi connectivity index (χ3n) is 5.91. The fourth-order valence-corrected chi connectivity index (χ4v) is 4.30. The molecule has 1 N–H and O–H groups in total. The number of aromatic nitrogens is 1. The third-order valence-corrected chi connectivity index (χ3v) is 6.15. The predicted octanol–water partition coefficient (Wildman–Crippen LogP) is 7.57. The number of benzene rings is 2. The molecule has 0 bridgehead atoms. The van der Waals surface area contributed by atoms with Crippen LogP contribution >= 0.6 is 11.6 Å². The minimum atomic E-state index is -4.57. The van der Waals surface area contributed by atoms with E-state index in [2.05, 4.69) is 4.98 Å². The van der Waals surface area contributed by atoms with Gasteiger partial charge >= 0.3 is 12.1 Å². The smallest absolute Gasteiger partial charge is 0.416 e. The number of hydrogen-bond acceptors (Lipinski definition) is 3. The van der Waals surface area contributed by atoms with Crippen LogP contribution in [0.15, 0.2) is 48.7 Å². The molecule has 1 aliphatic carbocycles. The molecule has 0 unspecified atom stereocenters. The molecule has 2 aromatic carbocycles. The van der Waals surface area contributed by atoms with Gasteiger partial charge < -0.3 is 9.84 Å². The number of aryl methyl sites for hydroxylation is 1. The summed E-state index contributed by atoms with van der Waals surface area (Å²) in [5.41, 5.74) is 1.83. The highest BCUT2D eigenvalue weighted by Gasteiger charge is 2.32. The van der Waals surface area contributed by atoms with Crippen molar-refractivity contribution in [3.63, 3.8) is 0 Å². The van der Waals surface area contributed by atoms with E-state index < -0.39 is 23.5 Å². The number of hydrogen-bond donors (Lipinski definition) is 1. The molecule has 1 aromatic heterocycles. The first-order valence-corrected chi connectivity index (χ1v) is 11.1. The minimum absolute atomic E-state index is 0.0278. The molecule has 3 aromatic rings. The average molecular weight is 506 g/mol. The molecule has 35 heavy (non-hydrogen) atoms. The maximum Gasteiger partial charge on any atom is 0.416 e. The average Bonchev–Trinajstić information content (AvgIpc) is 3.27. The topological polar surface area (TPSA) is 59.4 Å². The van der Waals surface area contributed by atoms with E-state index in [1.54, 1.807) is 6.92 Å². The number of carbonyl (C=O) groups is 1. The quantitative estimate of drug-likeness (QED) is 0.351. The van der Waals surface area contributed by atoms with Gasteiger partial charge in [-0.2, -0.15) is 13.2 Å². The van der Waals surface area contributed by atoms with Gasteiger partial charge in [0, 0.05) is 22.3 Å². The van der Waals surface area contributed by atoms with Crippen molar-refractivity contribution in [3.8, 4) is 5.75 Å². The molecule has 0 radical (unpaired) electrons. The van der Waals surface area contributed by atoms with E-state index in [9.17, 15) is 27.5 Å². The molecule has 1 heterocycles. The molecule has 0 fully saturated rings. The molecule has 4 rings (SSSR count). The van der Waals surface area contributed by atoms with Crippen molar-refractivity contribution in [2.45, 2.75) is 39.0 Å². The first-order valence-electron chi connectivity index (χ1n) is 10.8. The maximum absolute atomic E-state index is 14.2. The van der Waals surface area contributed by atoms with Crippen molar-refractivity contribution in [3.05, 3.63) is 93.0 Å². The summed E-state index contributed by atoms with van der Waals surface area (Å²) in [4.78, 5) is 15.7. The number of allylic oxidation sites excluding steroid dienone is 2. The number of ether oxygens (including phenoxy) is 1. The van der Waals surface area contributed by atoms with Crippen LogP contribution in [0.25, 0.3) is 11.1 Å². The second-order valence-electron chi connectivity index (χ2n) is 8.21. The Balaban J connectivity index is 1.80. The van der Waals surface area contributed by atoms with E-state index in [-0.39, 0.29) is 34.1 Å². The summed E-state index contributed by atoms with van der Waals surface area (Å²) in [7, 11) is 0. The van der Waals surface area contributed by atoms with Crippen molar-refractivity contribution < 1.29 is 32.2 Å². The SMILES string of the molecule is Cc1ncc(C2=C(c3cc(C(F)(F)F)ccc3OCc3ccc(Cl)cc3F)CCC2)cc1C(=O)O. The molecule has 4 nitrogen and oxygen atoms in total. The highest BCUT2D eigenvalue weighted by Crippen LogP contribution is 2.45. The third kappa shape index (κ3) is 5.32. The molecule has 182 valence electrons. The van der Waals surface area contributed by atoms with Crippen LogP contribution in [0.2, 0.25) is 5.02 Å². The number of aromatic carboxylic acids is 1. The number of rotatable bonds is 6. The lowest BCUT2D eigenvalue weighted by molar-refractivity contribution is -0.137. The van der Waals surface area contributed by atoms with Gasteiger partial charge in [0.05, 0.1) is 16.8 Å². The molecule has 1 aliphatic rings. The van der Waals surface area contributed by atoms with Gasteiger partial charge in [-0.05, 0) is 79.3 Å². The van der Waals surface area contributed by atoms with Crippen LogP contribution in [-0.4, -0.2) is 16.1 Å². The molecular weight excluding hydrogens is 486 g/mol. The second kappa shape index (κ2) is 9.70. The van der Waals surface area contributed by atoms with E-state index in [0.29, 0.717) is 41.7 Å². The van der Waals surface area contributed by atoms with Gasteiger partial charge in [0.1, 0.15) is 18.2 Å². The van der Waals surface area contributed by atoms with Crippen LogP contribution in [0, 0.1) is 12.7 Å². The number of alkyl halides is 3. The highest BCUT2D eigenvalue weighted by molar-refractivity contribution is 6.30. The number of nitrogens with zero attached hydrogens (tertiary/aromatic N) is 1. The summed E-state index contributed by atoms with van der Waals surface area (Å²) in [6.45, 7) is 1.37. The van der Waals surface area contributed by atoms with Gasteiger partial charge in [-0.15, -0.1) is 0 Å². The van der Waals surface area contributed by atoms with Crippen molar-refractivity contribution >= 4 is 28.7 Å². The highest BCUT2D eigenvalue weighted by atomic mass is 35.5. The summed E-state index contributed by atoms with van der Waals surface area (Å²) >= 11 is 5.78. The first kappa shape index (κ1) is 24.7. The van der Waals surface area contributed by atoms with Crippen molar-refractivity contribution in [1.82, 2.24) is 4.98 Å². The van der Waals surface area contributed by atoms with Crippen LogP contribution in [0.4, 0.5) is 17.6 Å². The zero-order valence-corrected chi connectivity index (χ0v) is 19.3. The van der Waals surface area contributed by atoms with Gasteiger partial charge in [0.2, 0.25) is 0 Å². The molecule has 0 atom stereocenters. The normalized spacial score (nSPS) is 13.9. The van der Waals surface area contributed by atoms with Gasteiger partial charge in [-0.3, -0.25) is 4.98 Å². The molecule has 0 saturated heterocycles. The Morgan fingerprint density at radius 1 is 1.11 bits per heavy atom. The van der Waals surface area contributed by atoms with E-state index in [1.165, 1.54) is 30.5 Å². The first-order chi connectivity index (χ1) is 16.5. The zero-order chi connectivity index (χ0) is 25.3. The Kier molecular flexibility index (Phi) is 6.85. The standard InChI is InChI=1S/C26H20ClF4NO3/c1-14-21(25(33)34)9-16(12-32-14)19-3-2-4-20(19)22-10-17(26(29,30)31)6-8-24(22)35-13-15-5-7-18(27)11-23(15)28/h5-12H,2-4,13H2,1H3,(H,33,34). The van der Waals surface area contributed by atoms with E-state index >= 15 is 0 Å².